The van der Waals surface area contributed by atoms with Crippen molar-refractivity contribution in [2.75, 3.05) is 27.3 Å². The Labute approximate surface area is 162 Å². The molecular formula is C23H31NO3. The van der Waals surface area contributed by atoms with Gasteiger partial charge in [-0.05, 0) is 43.1 Å². The number of amides is 1. The Morgan fingerprint density at radius 2 is 2.00 bits per heavy atom. The van der Waals surface area contributed by atoms with Crippen LogP contribution in [0.15, 0.2) is 30.4 Å². The van der Waals surface area contributed by atoms with E-state index in [1.165, 1.54) is 5.57 Å². The van der Waals surface area contributed by atoms with Crippen molar-refractivity contribution in [1.82, 2.24) is 4.90 Å². The Morgan fingerprint density at radius 1 is 1.22 bits per heavy atom. The van der Waals surface area contributed by atoms with Crippen LogP contribution in [0.25, 0.3) is 0 Å². The average molecular weight is 370 g/mol. The normalized spacial score (nSPS) is 31.4. The van der Waals surface area contributed by atoms with Gasteiger partial charge in [0.15, 0.2) is 11.5 Å². The predicted molar refractivity (Wildman–Crippen MR) is 106 cm³/mol. The summed E-state index contributed by atoms with van der Waals surface area (Å²) in [5.74, 6) is 2.75. The molecule has 1 aromatic carbocycles. The third-order valence-electron chi connectivity index (χ3n) is 7.65. The molecule has 0 N–H and O–H groups in total. The summed E-state index contributed by atoms with van der Waals surface area (Å²) in [6.45, 7) is 10.5. The zero-order valence-corrected chi connectivity index (χ0v) is 17.0. The lowest BCUT2D eigenvalue weighted by molar-refractivity contribution is -0.138. The molecule has 0 radical (unpaired) electrons. The summed E-state index contributed by atoms with van der Waals surface area (Å²) < 4.78 is 11.1. The molecule has 1 amide bonds. The lowest BCUT2D eigenvalue weighted by Crippen LogP contribution is -2.43. The Kier molecular flexibility index (Phi) is 4.28. The van der Waals surface area contributed by atoms with Crippen molar-refractivity contribution in [3.05, 3.63) is 35.9 Å². The molecular weight excluding hydrogens is 338 g/mol. The monoisotopic (exact) mass is 369 g/mol. The standard InChI is InChI=1S/C23H31NO3/c1-15-22(2,3)17-9-11-23(15,13-17)21(25)24-12-10-16(14-24)18-7-6-8-19(26-4)20(18)27-5/h6-8,16-17H,1,9-14H2,2-5H3/t16-,17+,23-/m1/s1. The quantitative estimate of drug-likeness (QED) is 0.738. The number of benzene rings is 1. The van der Waals surface area contributed by atoms with Crippen LogP contribution in [-0.2, 0) is 4.79 Å². The Morgan fingerprint density at radius 3 is 2.63 bits per heavy atom. The summed E-state index contributed by atoms with van der Waals surface area (Å²) in [5, 5.41) is 0. The molecule has 4 nitrogen and oxygen atoms in total. The zero-order valence-electron chi connectivity index (χ0n) is 17.0. The Bertz CT molecular complexity index is 784. The number of carbonyl (C=O) groups excluding carboxylic acids is 1. The van der Waals surface area contributed by atoms with E-state index in [1.807, 2.05) is 12.1 Å². The molecule has 1 aromatic rings. The highest BCUT2D eigenvalue weighted by Crippen LogP contribution is 2.66. The molecule has 27 heavy (non-hydrogen) atoms. The molecule has 0 aromatic heterocycles. The molecule has 1 aliphatic heterocycles. The smallest absolute Gasteiger partial charge is 0.232 e. The fourth-order valence-electron chi connectivity index (χ4n) is 5.86. The third-order valence-corrected chi connectivity index (χ3v) is 7.65. The van der Waals surface area contributed by atoms with E-state index < -0.39 is 0 Å². The summed E-state index contributed by atoms with van der Waals surface area (Å²) in [6.07, 6.45) is 4.08. The second-order valence-electron chi connectivity index (χ2n) is 9.04. The number of hydrogen-bond donors (Lipinski definition) is 0. The molecule has 0 spiro atoms. The van der Waals surface area contributed by atoms with Gasteiger partial charge in [0.25, 0.3) is 0 Å². The van der Waals surface area contributed by atoms with Crippen LogP contribution in [0.1, 0.15) is 51.0 Å². The number of methoxy groups -OCH3 is 2. The van der Waals surface area contributed by atoms with Gasteiger partial charge in [0.1, 0.15) is 0 Å². The van der Waals surface area contributed by atoms with Crippen LogP contribution in [0.2, 0.25) is 0 Å². The van der Waals surface area contributed by atoms with Crippen molar-refractivity contribution in [1.29, 1.82) is 0 Å². The van der Waals surface area contributed by atoms with Crippen molar-refractivity contribution in [2.45, 2.75) is 45.4 Å². The van der Waals surface area contributed by atoms with Gasteiger partial charge < -0.3 is 14.4 Å². The molecule has 1 heterocycles. The summed E-state index contributed by atoms with van der Waals surface area (Å²) in [4.78, 5) is 15.7. The van der Waals surface area contributed by atoms with Gasteiger partial charge in [0.2, 0.25) is 5.91 Å². The van der Waals surface area contributed by atoms with Crippen molar-refractivity contribution >= 4 is 5.91 Å². The van der Waals surface area contributed by atoms with E-state index in [0.29, 0.717) is 11.8 Å². The van der Waals surface area contributed by atoms with Gasteiger partial charge in [-0.2, -0.15) is 0 Å². The number of hydrogen-bond acceptors (Lipinski definition) is 3. The second kappa shape index (κ2) is 6.29. The van der Waals surface area contributed by atoms with Gasteiger partial charge in [-0.1, -0.05) is 38.1 Å². The number of carbonyl (C=O) groups is 1. The van der Waals surface area contributed by atoms with Crippen molar-refractivity contribution in [3.8, 4) is 11.5 Å². The van der Waals surface area contributed by atoms with Crippen LogP contribution in [0.5, 0.6) is 11.5 Å². The number of fused-ring (bicyclic) bond motifs is 2. The number of nitrogens with zero attached hydrogens (tertiary/aromatic N) is 1. The van der Waals surface area contributed by atoms with Crippen molar-refractivity contribution in [3.63, 3.8) is 0 Å². The van der Waals surface area contributed by atoms with Crippen LogP contribution < -0.4 is 9.47 Å². The van der Waals surface area contributed by atoms with Crippen LogP contribution in [0.3, 0.4) is 0 Å². The highest BCUT2D eigenvalue weighted by Gasteiger charge is 2.62. The molecule has 3 aliphatic rings. The van der Waals surface area contributed by atoms with Gasteiger partial charge >= 0.3 is 0 Å². The molecule has 146 valence electrons. The molecule has 0 unspecified atom stereocenters. The van der Waals surface area contributed by atoms with Gasteiger partial charge in [-0.15, -0.1) is 0 Å². The maximum atomic E-state index is 13.6. The van der Waals surface area contributed by atoms with Gasteiger partial charge in [-0.25, -0.2) is 0 Å². The molecule has 3 fully saturated rings. The van der Waals surface area contributed by atoms with Crippen LogP contribution in [0, 0.1) is 16.7 Å². The topological polar surface area (TPSA) is 38.8 Å². The first-order valence-corrected chi connectivity index (χ1v) is 10.0. The Hall–Kier alpha value is -1.97. The fraction of sp³-hybridized carbons (Fsp3) is 0.609. The van der Waals surface area contributed by atoms with E-state index in [9.17, 15) is 4.79 Å². The molecule has 3 atom stereocenters. The molecule has 4 heteroatoms. The number of para-hydroxylation sites is 1. The molecule has 2 saturated carbocycles. The second-order valence-corrected chi connectivity index (χ2v) is 9.04. The average Bonchev–Trinajstić information content (AvgIpc) is 3.37. The molecule has 2 bridgehead atoms. The fourth-order valence-corrected chi connectivity index (χ4v) is 5.86. The highest BCUT2D eigenvalue weighted by atomic mass is 16.5. The first kappa shape index (κ1) is 18.4. The minimum absolute atomic E-state index is 0.0864. The minimum Gasteiger partial charge on any atom is -0.493 e. The molecule has 1 saturated heterocycles. The van der Waals surface area contributed by atoms with Crippen LogP contribution in [0.4, 0.5) is 0 Å². The Balaban J connectivity index is 1.56. The minimum atomic E-state index is -0.318. The summed E-state index contributed by atoms with van der Waals surface area (Å²) in [7, 11) is 3.34. The van der Waals surface area contributed by atoms with E-state index >= 15 is 0 Å². The van der Waals surface area contributed by atoms with Crippen LogP contribution >= 0.6 is 0 Å². The van der Waals surface area contributed by atoms with Gasteiger partial charge in [-0.3, -0.25) is 4.79 Å². The number of rotatable bonds is 4. The maximum Gasteiger partial charge on any atom is 0.232 e. The number of likely N-dealkylation sites (tertiary alicyclic amines) is 1. The third kappa shape index (κ3) is 2.52. The molecule has 2 aliphatic carbocycles. The SMILES string of the molecule is C=C1C(C)(C)[C@H]2CC[C@@]1(C(=O)N1CC[C@@H](c3cccc(OC)c3OC)C1)C2. The van der Waals surface area contributed by atoms with E-state index in [0.717, 1.165) is 55.8 Å². The van der Waals surface area contributed by atoms with E-state index in [2.05, 4.69) is 31.4 Å². The van der Waals surface area contributed by atoms with E-state index in [4.69, 9.17) is 9.47 Å². The van der Waals surface area contributed by atoms with E-state index in [-0.39, 0.29) is 16.7 Å². The number of ether oxygens (including phenoxy) is 2. The van der Waals surface area contributed by atoms with E-state index in [1.54, 1.807) is 14.2 Å². The van der Waals surface area contributed by atoms with Crippen molar-refractivity contribution < 1.29 is 14.3 Å². The van der Waals surface area contributed by atoms with Crippen molar-refractivity contribution in [2.24, 2.45) is 16.7 Å². The van der Waals surface area contributed by atoms with Gasteiger partial charge in [0.05, 0.1) is 19.6 Å². The first-order valence-electron chi connectivity index (χ1n) is 10.0. The lowest BCUT2D eigenvalue weighted by atomic mass is 9.68. The first-order chi connectivity index (χ1) is 12.8. The molecule has 4 rings (SSSR count). The lowest BCUT2D eigenvalue weighted by Gasteiger charge is -2.39. The highest BCUT2D eigenvalue weighted by molar-refractivity contribution is 5.88. The summed E-state index contributed by atoms with van der Waals surface area (Å²) in [5.41, 5.74) is 2.07. The largest absolute Gasteiger partial charge is 0.493 e. The summed E-state index contributed by atoms with van der Waals surface area (Å²) >= 11 is 0. The zero-order chi connectivity index (χ0) is 19.4. The predicted octanol–water partition coefficient (Wildman–Crippen LogP) is 4.40. The van der Waals surface area contributed by atoms with Crippen LogP contribution in [-0.4, -0.2) is 38.1 Å². The van der Waals surface area contributed by atoms with Gasteiger partial charge in [0, 0.05) is 24.6 Å². The maximum absolute atomic E-state index is 13.6. The summed E-state index contributed by atoms with van der Waals surface area (Å²) in [6, 6.07) is 6.02.